The van der Waals surface area contributed by atoms with Crippen molar-refractivity contribution >= 4 is 18.4 Å². The van der Waals surface area contributed by atoms with Crippen LogP contribution in [0, 0.1) is 0 Å². The van der Waals surface area contributed by atoms with Crippen LogP contribution in [-0.2, 0) is 14.9 Å². The van der Waals surface area contributed by atoms with Crippen molar-refractivity contribution in [2.24, 2.45) is 0 Å². The SMILES string of the molecule is CN1CCC(OC(=O)C2(c3ccccc3)CCCCC2)CC1.Cl. The van der Waals surface area contributed by atoms with Crippen LogP contribution in [-0.4, -0.2) is 37.1 Å². The number of ether oxygens (including phenoxy) is 1. The van der Waals surface area contributed by atoms with Crippen molar-refractivity contribution in [3.63, 3.8) is 0 Å². The zero-order valence-electron chi connectivity index (χ0n) is 14.0. The Morgan fingerprint density at radius 2 is 1.70 bits per heavy atom. The number of hydrogen-bond donors (Lipinski definition) is 0. The minimum Gasteiger partial charge on any atom is -0.462 e. The molecule has 128 valence electrons. The summed E-state index contributed by atoms with van der Waals surface area (Å²) in [5.74, 6) is 0.0213. The summed E-state index contributed by atoms with van der Waals surface area (Å²) in [5, 5.41) is 0. The zero-order valence-corrected chi connectivity index (χ0v) is 14.8. The second-order valence-corrected chi connectivity index (χ2v) is 6.92. The number of nitrogens with zero attached hydrogens (tertiary/aromatic N) is 1. The highest BCUT2D eigenvalue weighted by molar-refractivity contribution is 5.85. The van der Waals surface area contributed by atoms with Crippen molar-refractivity contribution in [3.8, 4) is 0 Å². The number of rotatable bonds is 3. The van der Waals surface area contributed by atoms with Crippen molar-refractivity contribution in [3.05, 3.63) is 35.9 Å². The van der Waals surface area contributed by atoms with Crippen molar-refractivity contribution in [2.75, 3.05) is 20.1 Å². The van der Waals surface area contributed by atoms with E-state index in [-0.39, 0.29) is 24.5 Å². The number of carbonyl (C=O) groups excluding carboxylic acids is 1. The van der Waals surface area contributed by atoms with Crippen LogP contribution in [0.1, 0.15) is 50.5 Å². The van der Waals surface area contributed by atoms with Gasteiger partial charge in [0.2, 0.25) is 0 Å². The van der Waals surface area contributed by atoms with E-state index in [2.05, 4.69) is 24.1 Å². The van der Waals surface area contributed by atoms with Gasteiger partial charge >= 0.3 is 5.97 Å². The predicted octanol–water partition coefficient (Wildman–Crippen LogP) is 3.95. The molecule has 1 aromatic rings. The Balaban J connectivity index is 0.00000192. The maximum Gasteiger partial charge on any atom is 0.316 e. The summed E-state index contributed by atoms with van der Waals surface area (Å²) in [7, 11) is 2.13. The Hall–Kier alpha value is -1.06. The van der Waals surface area contributed by atoms with Gasteiger partial charge in [0.05, 0.1) is 5.41 Å². The number of likely N-dealkylation sites (tertiary alicyclic amines) is 1. The Morgan fingerprint density at radius 3 is 2.30 bits per heavy atom. The van der Waals surface area contributed by atoms with Gasteiger partial charge in [-0.15, -0.1) is 12.4 Å². The summed E-state index contributed by atoms with van der Waals surface area (Å²) in [6.45, 7) is 2.05. The van der Waals surface area contributed by atoms with Gasteiger partial charge in [-0.2, -0.15) is 0 Å². The standard InChI is InChI=1S/C19H27NO2.ClH/c1-20-14-10-17(11-15-20)22-18(21)19(12-6-3-7-13-19)16-8-4-2-5-9-16;/h2,4-5,8-9,17H,3,6-7,10-15H2,1H3;1H. The van der Waals surface area contributed by atoms with Crippen LogP contribution in [0.15, 0.2) is 30.3 Å². The third-order valence-electron chi connectivity index (χ3n) is 5.36. The molecule has 1 aliphatic heterocycles. The molecule has 2 fully saturated rings. The first-order chi connectivity index (χ1) is 10.7. The topological polar surface area (TPSA) is 29.5 Å². The Kier molecular flexibility index (Phi) is 6.49. The van der Waals surface area contributed by atoms with E-state index in [1.807, 2.05) is 18.2 Å². The Morgan fingerprint density at radius 1 is 1.09 bits per heavy atom. The van der Waals surface area contributed by atoms with Gasteiger partial charge in [-0.25, -0.2) is 0 Å². The van der Waals surface area contributed by atoms with Crippen LogP contribution in [0.25, 0.3) is 0 Å². The molecule has 0 unspecified atom stereocenters. The number of benzene rings is 1. The molecule has 1 heterocycles. The van der Waals surface area contributed by atoms with E-state index in [4.69, 9.17) is 4.74 Å². The summed E-state index contributed by atoms with van der Waals surface area (Å²) in [5.41, 5.74) is 0.746. The minimum absolute atomic E-state index is 0. The Labute approximate surface area is 145 Å². The van der Waals surface area contributed by atoms with E-state index in [0.717, 1.165) is 57.2 Å². The molecular weight excluding hydrogens is 310 g/mol. The van der Waals surface area contributed by atoms with Crippen molar-refractivity contribution < 1.29 is 9.53 Å². The molecule has 1 saturated heterocycles. The lowest BCUT2D eigenvalue weighted by Gasteiger charge is -2.38. The fraction of sp³-hybridized carbons (Fsp3) is 0.632. The summed E-state index contributed by atoms with van der Waals surface area (Å²) in [4.78, 5) is 15.3. The maximum atomic E-state index is 13.0. The van der Waals surface area contributed by atoms with Gasteiger partial charge in [-0.3, -0.25) is 4.79 Å². The summed E-state index contributed by atoms with van der Waals surface area (Å²) >= 11 is 0. The summed E-state index contributed by atoms with van der Waals surface area (Å²) < 4.78 is 5.97. The normalized spacial score (nSPS) is 22.1. The van der Waals surface area contributed by atoms with Gasteiger partial charge in [0, 0.05) is 13.1 Å². The number of carbonyl (C=O) groups is 1. The van der Waals surface area contributed by atoms with Gasteiger partial charge in [0.25, 0.3) is 0 Å². The number of piperidine rings is 1. The smallest absolute Gasteiger partial charge is 0.316 e. The molecule has 0 radical (unpaired) electrons. The fourth-order valence-corrected chi connectivity index (χ4v) is 3.89. The minimum atomic E-state index is -0.400. The molecule has 0 spiro atoms. The molecule has 1 aliphatic carbocycles. The van der Waals surface area contributed by atoms with E-state index in [0.29, 0.717) is 0 Å². The van der Waals surface area contributed by atoms with Gasteiger partial charge < -0.3 is 9.64 Å². The first-order valence-corrected chi connectivity index (χ1v) is 8.66. The van der Waals surface area contributed by atoms with Crippen LogP contribution >= 0.6 is 12.4 Å². The van der Waals surface area contributed by atoms with Crippen molar-refractivity contribution in [2.45, 2.75) is 56.5 Å². The van der Waals surface area contributed by atoms with Crippen molar-refractivity contribution in [1.82, 2.24) is 4.90 Å². The molecule has 23 heavy (non-hydrogen) atoms. The first kappa shape index (κ1) is 18.3. The van der Waals surface area contributed by atoms with Crippen LogP contribution in [0.3, 0.4) is 0 Å². The maximum absolute atomic E-state index is 13.0. The molecule has 3 nitrogen and oxygen atoms in total. The lowest BCUT2D eigenvalue weighted by atomic mass is 9.69. The highest BCUT2D eigenvalue weighted by atomic mass is 35.5. The second-order valence-electron chi connectivity index (χ2n) is 6.92. The molecule has 1 saturated carbocycles. The van der Waals surface area contributed by atoms with Crippen LogP contribution < -0.4 is 0 Å². The van der Waals surface area contributed by atoms with Gasteiger partial charge in [0.1, 0.15) is 6.10 Å². The molecule has 0 N–H and O–H groups in total. The number of esters is 1. The van der Waals surface area contributed by atoms with Gasteiger partial charge in [0.15, 0.2) is 0 Å². The van der Waals surface area contributed by atoms with E-state index >= 15 is 0 Å². The molecule has 1 aromatic carbocycles. The van der Waals surface area contributed by atoms with E-state index in [1.54, 1.807) is 0 Å². The largest absolute Gasteiger partial charge is 0.462 e. The molecule has 2 aliphatic rings. The molecule has 0 atom stereocenters. The highest BCUT2D eigenvalue weighted by Crippen LogP contribution is 2.41. The predicted molar refractivity (Wildman–Crippen MR) is 95.1 cm³/mol. The third-order valence-corrected chi connectivity index (χ3v) is 5.36. The molecule has 3 rings (SSSR count). The summed E-state index contributed by atoms with van der Waals surface area (Å²) in [6, 6.07) is 10.3. The van der Waals surface area contributed by atoms with E-state index in [1.165, 1.54) is 6.42 Å². The highest BCUT2D eigenvalue weighted by Gasteiger charge is 2.43. The van der Waals surface area contributed by atoms with Gasteiger partial charge in [-0.05, 0) is 38.3 Å². The first-order valence-electron chi connectivity index (χ1n) is 8.66. The van der Waals surface area contributed by atoms with Crippen LogP contribution in [0.5, 0.6) is 0 Å². The van der Waals surface area contributed by atoms with E-state index < -0.39 is 5.41 Å². The lowest BCUT2D eigenvalue weighted by Crippen LogP contribution is -2.43. The average Bonchev–Trinajstić information content (AvgIpc) is 2.58. The third kappa shape index (κ3) is 4.07. The monoisotopic (exact) mass is 337 g/mol. The number of hydrogen-bond acceptors (Lipinski definition) is 3. The molecule has 4 heteroatoms. The molecule has 0 bridgehead atoms. The molecule has 0 aromatic heterocycles. The van der Waals surface area contributed by atoms with Crippen molar-refractivity contribution in [1.29, 1.82) is 0 Å². The van der Waals surface area contributed by atoms with Gasteiger partial charge in [-0.1, -0.05) is 49.6 Å². The quantitative estimate of drug-likeness (QED) is 0.782. The number of halogens is 1. The zero-order chi connectivity index (χ0) is 15.4. The van der Waals surface area contributed by atoms with E-state index in [9.17, 15) is 4.79 Å². The second kappa shape index (κ2) is 8.16. The fourth-order valence-electron chi connectivity index (χ4n) is 3.89. The summed E-state index contributed by atoms with van der Waals surface area (Å²) in [6.07, 6.45) is 7.38. The average molecular weight is 338 g/mol. The molecular formula is C19H28ClNO2. The Bertz CT molecular complexity index is 491. The molecule has 0 amide bonds. The lowest BCUT2D eigenvalue weighted by molar-refractivity contribution is -0.160. The van der Waals surface area contributed by atoms with Crippen LogP contribution in [0.2, 0.25) is 0 Å². The van der Waals surface area contributed by atoms with Crippen LogP contribution in [0.4, 0.5) is 0 Å².